The molecule has 2 aromatic carbocycles. The van der Waals surface area contributed by atoms with E-state index in [1.54, 1.807) is 25.4 Å². The Kier molecular flexibility index (Phi) is 6.84. The van der Waals surface area contributed by atoms with E-state index in [1.807, 2.05) is 29.9 Å². The fourth-order valence-corrected chi connectivity index (χ4v) is 3.85. The van der Waals surface area contributed by atoms with Crippen LogP contribution in [0.25, 0.3) is 0 Å². The molecule has 0 atom stereocenters. The quantitative estimate of drug-likeness (QED) is 0.554. The van der Waals surface area contributed by atoms with Crippen molar-refractivity contribution in [2.45, 2.75) is 19.7 Å². The fraction of sp³-hybridized carbons (Fsp3) is 0.375. The normalized spacial score (nSPS) is 15.2. The van der Waals surface area contributed by atoms with E-state index in [-0.39, 0.29) is 5.82 Å². The Morgan fingerprint density at radius 3 is 2.32 bits per heavy atom. The second-order valence-corrected chi connectivity index (χ2v) is 7.90. The van der Waals surface area contributed by atoms with Crippen LogP contribution in [-0.4, -0.2) is 52.6 Å². The van der Waals surface area contributed by atoms with Gasteiger partial charge in [0, 0.05) is 64.3 Å². The second-order valence-electron chi connectivity index (χ2n) is 7.90. The Hall–Kier alpha value is -2.90. The minimum Gasteiger partial charge on any atom is -0.496 e. The number of hydrogen-bond donors (Lipinski definition) is 0. The highest BCUT2D eigenvalue weighted by molar-refractivity contribution is 5.34. The number of benzene rings is 2. The zero-order valence-electron chi connectivity index (χ0n) is 18.1. The van der Waals surface area contributed by atoms with E-state index in [0.717, 1.165) is 55.6 Å². The number of piperazine rings is 1. The molecular weight excluding hydrogens is 395 g/mol. The van der Waals surface area contributed by atoms with Crippen LogP contribution < -0.4 is 9.47 Å². The molecular formula is C24H29FN4O2. The second kappa shape index (κ2) is 9.94. The molecule has 1 saturated heterocycles. The summed E-state index contributed by atoms with van der Waals surface area (Å²) in [4.78, 5) is 9.07. The van der Waals surface area contributed by atoms with Gasteiger partial charge in [0.2, 0.25) is 0 Å². The maximum absolute atomic E-state index is 13.6. The number of aromatic nitrogens is 2. The van der Waals surface area contributed by atoms with E-state index >= 15 is 0 Å². The minimum absolute atomic E-state index is 0.221. The smallest absolute Gasteiger partial charge is 0.146 e. The molecule has 0 aliphatic carbocycles. The molecule has 2 heterocycles. The average molecular weight is 425 g/mol. The third-order valence-electron chi connectivity index (χ3n) is 5.72. The number of imidazole rings is 1. The van der Waals surface area contributed by atoms with Crippen molar-refractivity contribution in [1.29, 1.82) is 0 Å². The summed E-state index contributed by atoms with van der Waals surface area (Å²) in [5.74, 6) is 2.27. The number of nitrogens with zero attached hydrogens (tertiary/aromatic N) is 4. The van der Waals surface area contributed by atoms with Gasteiger partial charge in [0.1, 0.15) is 29.7 Å². The Balaban J connectivity index is 1.24. The lowest BCUT2D eigenvalue weighted by atomic mass is 10.1. The van der Waals surface area contributed by atoms with Crippen LogP contribution in [0, 0.1) is 5.82 Å². The lowest BCUT2D eigenvalue weighted by Gasteiger charge is -2.35. The van der Waals surface area contributed by atoms with Crippen molar-refractivity contribution in [2.75, 3.05) is 33.3 Å². The van der Waals surface area contributed by atoms with Crippen LogP contribution in [-0.2, 0) is 26.7 Å². The Morgan fingerprint density at radius 2 is 1.68 bits per heavy atom. The molecule has 0 radical (unpaired) electrons. The van der Waals surface area contributed by atoms with Gasteiger partial charge in [0.15, 0.2) is 0 Å². The number of ether oxygens (including phenoxy) is 2. The molecule has 0 spiro atoms. The lowest BCUT2D eigenvalue weighted by Crippen LogP contribution is -2.45. The van der Waals surface area contributed by atoms with Crippen LogP contribution in [0.1, 0.15) is 17.0 Å². The van der Waals surface area contributed by atoms with Crippen LogP contribution in [0.2, 0.25) is 0 Å². The van der Waals surface area contributed by atoms with Crippen molar-refractivity contribution in [2.24, 2.45) is 7.05 Å². The molecule has 0 unspecified atom stereocenters. The number of rotatable bonds is 8. The standard InChI is InChI=1S/C24H29FN4O2/c1-27-10-9-26-24(27)18-31-22-6-3-19(4-7-22)16-28-11-13-29(14-12-28)17-20-15-21(25)5-8-23(20)30-2/h3-10,15H,11-14,16-18H2,1-2H3. The molecule has 31 heavy (non-hydrogen) atoms. The summed E-state index contributed by atoms with van der Waals surface area (Å²) in [6, 6.07) is 13.0. The highest BCUT2D eigenvalue weighted by Crippen LogP contribution is 2.22. The Morgan fingerprint density at radius 1 is 0.968 bits per heavy atom. The predicted molar refractivity (Wildman–Crippen MR) is 117 cm³/mol. The molecule has 164 valence electrons. The summed E-state index contributed by atoms with van der Waals surface area (Å²) in [7, 11) is 3.59. The highest BCUT2D eigenvalue weighted by atomic mass is 19.1. The largest absolute Gasteiger partial charge is 0.496 e. The first kappa shape index (κ1) is 21.3. The highest BCUT2D eigenvalue weighted by Gasteiger charge is 2.18. The summed E-state index contributed by atoms with van der Waals surface area (Å²) in [5, 5.41) is 0. The van der Waals surface area contributed by atoms with Gasteiger partial charge in [0.25, 0.3) is 0 Å². The summed E-state index contributed by atoms with van der Waals surface area (Å²) in [6.45, 7) is 5.94. The zero-order valence-corrected chi connectivity index (χ0v) is 18.1. The van der Waals surface area contributed by atoms with Gasteiger partial charge >= 0.3 is 0 Å². The topological polar surface area (TPSA) is 42.8 Å². The first-order valence-corrected chi connectivity index (χ1v) is 10.6. The Bertz CT molecular complexity index is 981. The molecule has 0 saturated carbocycles. The van der Waals surface area contributed by atoms with E-state index in [9.17, 15) is 4.39 Å². The van der Waals surface area contributed by atoms with E-state index in [1.165, 1.54) is 11.6 Å². The van der Waals surface area contributed by atoms with Crippen molar-refractivity contribution in [3.8, 4) is 11.5 Å². The van der Waals surface area contributed by atoms with Crippen molar-refractivity contribution >= 4 is 0 Å². The molecule has 1 aromatic heterocycles. The maximum atomic E-state index is 13.6. The van der Waals surface area contributed by atoms with Gasteiger partial charge in [-0.1, -0.05) is 12.1 Å². The number of hydrogen-bond acceptors (Lipinski definition) is 5. The zero-order chi connectivity index (χ0) is 21.6. The molecule has 7 heteroatoms. The first-order chi connectivity index (χ1) is 15.1. The number of methoxy groups -OCH3 is 1. The first-order valence-electron chi connectivity index (χ1n) is 10.6. The van der Waals surface area contributed by atoms with Crippen molar-refractivity contribution < 1.29 is 13.9 Å². The molecule has 0 amide bonds. The van der Waals surface area contributed by atoms with E-state index in [2.05, 4.69) is 26.9 Å². The minimum atomic E-state index is -0.221. The van der Waals surface area contributed by atoms with Gasteiger partial charge in [0.05, 0.1) is 7.11 Å². The summed E-state index contributed by atoms with van der Waals surface area (Å²) in [6.07, 6.45) is 3.69. The van der Waals surface area contributed by atoms with Crippen LogP contribution in [0.5, 0.6) is 11.5 Å². The molecule has 0 N–H and O–H groups in total. The van der Waals surface area contributed by atoms with Crippen molar-refractivity contribution in [3.05, 3.63) is 77.6 Å². The predicted octanol–water partition coefficient (Wildman–Crippen LogP) is 3.46. The molecule has 1 aliphatic rings. The van der Waals surface area contributed by atoms with Crippen LogP contribution in [0.3, 0.4) is 0 Å². The summed E-state index contributed by atoms with van der Waals surface area (Å²) < 4.78 is 26.8. The van der Waals surface area contributed by atoms with Gasteiger partial charge < -0.3 is 14.0 Å². The summed E-state index contributed by atoms with van der Waals surface area (Å²) >= 11 is 0. The van der Waals surface area contributed by atoms with Crippen molar-refractivity contribution in [3.63, 3.8) is 0 Å². The van der Waals surface area contributed by atoms with Gasteiger partial charge in [-0.15, -0.1) is 0 Å². The van der Waals surface area contributed by atoms with E-state index < -0.39 is 0 Å². The van der Waals surface area contributed by atoms with Gasteiger partial charge in [-0.2, -0.15) is 0 Å². The average Bonchev–Trinajstić information content (AvgIpc) is 3.19. The summed E-state index contributed by atoms with van der Waals surface area (Å²) in [5.41, 5.74) is 2.17. The molecule has 6 nitrogen and oxygen atoms in total. The van der Waals surface area contributed by atoms with E-state index in [4.69, 9.17) is 9.47 Å². The van der Waals surface area contributed by atoms with E-state index in [0.29, 0.717) is 13.2 Å². The maximum Gasteiger partial charge on any atom is 0.146 e. The van der Waals surface area contributed by atoms with Crippen molar-refractivity contribution in [1.82, 2.24) is 19.4 Å². The van der Waals surface area contributed by atoms with Gasteiger partial charge in [-0.3, -0.25) is 9.80 Å². The molecule has 1 aliphatic heterocycles. The number of halogens is 1. The molecule has 4 rings (SSSR count). The lowest BCUT2D eigenvalue weighted by molar-refractivity contribution is 0.121. The van der Waals surface area contributed by atoms with Crippen LogP contribution >= 0.6 is 0 Å². The Labute approximate surface area is 182 Å². The van der Waals surface area contributed by atoms with Gasteiger partial charge in [-0.25, -0.2) is 9.37 Å². The number of aryl methyl sites for hydroxylation is 1. The third-order valence-corrected chi connectivity index (χ3v) is 5.72. The monoisotopic (exact) mass is 424 g/mol. The molecule has 1 fully saturated rings. The van der Waals surface area contributed by atoms with Crippen LogP contribution in [0.4, 0.5) is 4.39 Å². The SMILES string of the molecule is COc1ccc(F)cc1CN1CCN(Cc2ccc(OCc3nccn3C)cc2)CC1. The third kappa shape index (κ3) is 5.62. The van der Waals surface area contributed by atoms with Gasteiger partial charge in [-0.05, 0) is 35.9 Å². The fourth-order valence-electron chi connectivity index (χ4n) is 3.85. The van der Waals surface area contributed by atoms with Crippen LogP contribution in [0.15, 0.2) is 54.9 Å². The molecule has 0 bridgehead atoms. The molecule has 3 aromatic rings.